The van der Waals surface area contributed by atoms with E-state index in [1.54, 1.807) is 0 Å². The van der Waals surface area contributed by atoms with Crippen molar-refractivity contribution < 1.29 is 19.2 Å². The van der Waals surface area contributed by atoms with Crippen LogP contribution in [0.4, 0.5) is 5.69 Å². The summed E-state index contributed by atoms with van der Waals surface area (Å²) in [6, 6.07) is 10.2. The van der Waals surface area contributed by atoms with Gasteiger partial charge in [-0.2, -0.15) is 0 Å². The van der Waals surface area contributed by atoms with E-state index in [1.165, 1.54) is 48.2 Å². The fraction of sp³-hybridized carbons (Fsp3) is 0.478. The van der Waals surface area contributed by atoms with Crippen molar-refractivity contribution in [1.29, 1.82) is 0 Å². The number of thiophene rings is 1. The second-order valence-corrected chi connectivity index (χ2v) is 9.76. The van der Waals surface area contributed by atoms with Crippen LogP contribution in [0.1, 0.15) is 55.3 Å². The lowest BCUT2D eigenvalue weighted by Gasteiger charge is -2.22. The lowest BCUT2D eigenvalue weighted by Crippen LogP contribution is -3.13. The highest BCUT2D eigenvalue weighted by atomic mass is 32.1. The van der Waals surface area contributed by atoms with Gasteiger partial charge in [0.1, 0.15) is 4.88 Å². The van der Waals surface area contributed by atoms with Gasteiger partial charge in [0, 0.05) is 4.88 Å². The molecule has 1 amide bonds. The van der Waals surface area contributed by atoms with E-state index in [4.69, 9.17) is 4.74 Å². The van der Waals surface area contributed by atoms with Crippen molar-refractivity contribution >= 4 is 28.9 Å². The van der Waals surface area contributed by atoms with Crippen LogP contribution in [-0.2, 0) is 14.9 Å². The minimum Gasteiger partial charge on any atom is -0.465 e. The first-order valence-corrected chi connectivity index (χ1v) is 11.1. The predicted octanol–water partition coefficient (Wildman–Crippen LogP) is 3.51. The van der Waals surface area contributed by atoms with Crippen molar-refractivity contribution in [3.05, 3.63) is 40.8 Å². The Kier molecular flexibility index (Phi) is 6.75. The lowest BCUT2D eigenvalue weighted by molar-refractivity contribution is -0.896. The lowest BCUT2D eigenvalue weighted by atomic mass is 9.86. The number of carbonyl (C=O) groups is 2. The van der Waals surface area contributed by atoms with E-state index < -0.39 is 5.97 Å². The van der Waals surface area contributed by atoms with E-state index in [0.717, 1.165) is 23.5 Å². The Morgan fingerprint density at radius 1 is 1.10 bits per heavy atom. The summed E-state index contributed by atoms with van der Waals surface area (Å²) in [5.41, 5.74) is 2.90. The number of ether oxygens (including phenoxy) is 1. The van der Waals surface area contributed by atoms with Gasteiger partial charge in [-0.25, -0.2) is 4.79 Å². The molecule has 1 aliphatic rings. The molecule has 0 unspecified atom stereocenters. The standard InChI is InChI=1S/C23H30N2O3S/c1-23(2,3)17-10-8-16(9-11-17)19-14-18(21(29-19)22(27)28-4)24-20(26)15-25-12-6-5-7-13-25/h8-11,14H,5-7,12-13,15H2,1-4H3,(H,24,26)/p+1. The number of nitrogens with one attached hydrogen (secondary N) is 2. The smallest absolute Gasteiger partial charge is 0.350 e. The molecule has 3 rings (SSSR count). The maximum atomic E-state index is 12.6. The molecule has 156 valence electrons. The molecular formula is C23H31N2O3S+. The van der Waals surface area contributed by atoms with Crippen molar-refractivity contribution in [2.24, 2.45) is 0 Å². The largest absolute Gasteiger partial charge is 0.465 e. The zero-order valence-electron chi connectivity index (χ0n) is 17.8. The third-order valence-corrected chi connectivity index (χ3v) is 6.55. The molecule has 29 heavy (non-hydrogen) atoms. The maximum Gasteiger partial charge on any atom is 0.350 e. The molecule has 2 N–H and O–H groups in total. The fourth-order valence-electron chi connectivity index (χ4n) is 3.65. The number of esters is 1. The van der Waals surface area contributed by atoms with Crippen LogP contribution in [0.5, 0.6) is 0 Å². The minimum atomic E-state index is -0.423. The number of rotatable bonds is 5. The highest BCUT2D eigenvalue weighted by Crippen LogP contribution is 2.36. The summed E-state index contributed by atoms with van der Waals surface area (Å²) in [5, 5.41) is 2.95. The minimum absolute atomic E-state index is 0.0560. The Hall–Kier alpha value is -2.18. The molecule has 0 aliphatic carbocycles. The van der Waals surface area contributed by atoms with E-state index >= 15 is 0 Å². The molecular weight excluding hydrogens is 384 g/mol. The number of likely N-dealkylation sites (tertiary alicyclic amines) is 1. The van der Waals surface area contributed by atoms with Crippen LogP contribution in [-0.4, -0.2) is 38.6 Å². The first-order chi connectivity index (χ1) is 13.8. The third-order valence-electron chi connectivity index (χ3n) is 5.38. The normalized spacial score (nSPS) is 15.2. The number of carbonyl (C=O) groups excluding carboxylic acids is 2. The number of amides is 1. The van der Waals surface area contributed by atoms with Crippen molar-refractivity contribution in [2.75, 3.05) is 32.1 Å². The molecule has 1 saturated heterocycles. The van der Waals surface area contributed by atoms with Gasteiger partial charge in [0.25, 0.3) is 5.91 Å². The van der Waals surface area contributed by atoms with Crippen LogP contribution in [0.3, 0.4) is 0 Å². The summed E-state index contributed by atoms with van der Waals surface area (Å²) in [6.07, 6.45) is 3.59. The van der Waals surface area contributed by atoms with Gasteiger partial charge in [-0.3, -0.25) is 4.79 Å². The number of anilines is 1. The Bertz CT molecular complexity index is 859. The molecule has 2 aromatic rings. The van der Waals surface area contributed by atoms with Gasteiger partial charge >= 0.3 is 5.97 Å². The van der Waals surface area contributed by atoms with Crippen LogP contribution >= 0.6 is 11.3 Å². The molecule has 0 atom stereocenters. The second kappa shape index (κ2) is 9.09. The average Bonchev–Trinajstić information content (AvgIpc) is 3.11. The van der Waals surface area contributed by atoms with Crippen molar-refractivity contribution in [1.82, 2.24) is 0 Å². The molecule has 0 spiro atoms. The molecule has 2 heterocycles. The first-order valence-electron chi connectivity index (χ1n) is 10.2. The zero-order valence-corrected chi connectivity index (χ0v) is 18.6. The fourth-order valence-corrected chi connectivity index (χ4v) is 4.69. The van der Waals surface area contributed by atoms with Crippen molar-refractivity contribution in [2.45, 2.75) is 45.4 Å². The van der Waals surface area contributed by atoms with E-state index in [2.05, 4.69) is 50.4 Å². The highest BCUT2D eigenvalue weighted by Gasteiger charge is 2.22. The van der Waals surface area contributed by atoms with Crippen LogP contribution < -0.4 is 10.2 Å². The summed E-state index contributed by atoms with van der Waals surface area (Å²) in [6.45, 7) is 9.05. The second-order valence-electron chi connectivity index (χ2n) is 8.71. The highest BCUT2D eigenvalue weighted by molar-refractivity contribution is 7.18. The molecule has 1 aromatic heterocycles. The molecule has 6 heteroatoms. The van der Waals surface area contributed by atoms with Crippen molar-refractivity contribution in [3.63, 3.8) is 0 Å². The molecule has 0 radical (unpaired) electrons. The Labute approximate surface area is 177 Å². The summed E-state index contributed by atoms with van der Waals surface area (Å²) in [4.78, 5) is 27.5. The zero-order chi connectivity index (χ0) is 21.0. The van der Waals surface area contributed by atoms with Gasteiger partial charge < -0.3 is 15.0 Å². The van der Waals surface area contributed by atoms with Gasteiger partial charge in [-0.05, 0) is 41.9 Å². The van der Waals surface area contributed by atoms with Gasteiger partial charge in [0.2, 0.25) is 0 Å². The topological polar surface area (TPSA) is 59.8 Å². The summed E-state index contributed by atoms with van der Waals surface area (Å²) in [7, 11) is 1.36. The molecule has 5 nitrogen and oxygen atoms in total. The van der Waals surface area contributed by atoms with Gasteiger partial charge in [-0.15, -0.1) is 11.3 Å². The number of hydrogen-bond acceptors (Lipinski definition) is 4. The number of quaternary nitrogens is 1. The Balaban J connectivity index is 1.80. The Morgan fingerprint density at radius 3 is 2.34 bits per heavy atom. The quantitative estimate of drug-likeness (QED) is 0.735. The number of hydrogen-bond donors (Lipinski definition) is 2. The van der Waals surface area contributed by atoms with E-state index in [-0.39, 0.29) is 11.3 Å². The summed E-state index contributed by atoms with van der Waals surface area (Å²) >= 11 is 1.35. The SMILES string of the molecule is COC(=O)c1sc(-c2ccc(C(C)(C)C)cc2)cc1NC(=O)C[NH+]1CCCCC1. The molecule has 1 aliphatic heterocycles. The molecule has 1 aromatic carbocycles. The number of benzene rings is 1. The first kappa shape index (κ1) is 21.5. The summed E-state index contributed by atoms with van der Waals surface area (Å²) < 4.78 is 4.94. The van der Waals surface area contributed by atoms with Crippen LogP contribution in [0.15, 0.2) is 30.3 Å². The predicted molar refractivity (Wildman–Crippen MR) is 118 cm³/mol. The van der Waals surface area contributed by atoms with E-state index in [1.807, 2.05) is 6.07 Å². The molecule has 0 bridgehead atoms. The van der Waals surface area contributed by atoms with Crippen molar-refractivity contribution in [3.8, 4) is 10.4 Å². The molecule has 0 saturated carbocycles. The number of methoxy groups -OCH3 is 1. The van der Waals surface area contributed by atoms with Crippen LogP contribution in [0.2, 0.25) is 0 Å². The van der Waals surface area contributed by atoms with Gasteiger partial charge in [-0.1, -0.05) is 45.0 Å². The number of piperidine rings is 1. The van der Waals surface area contributed by atoms with Crippen LogP contribution in [0, 0.1) is 0 Å². The average molecular weight is 416 g/mol. The summed E-state index contributed by atoms with van der Waals surface area (Å²) in [5.74, 6) is -0.479. The maximum absolute atomic E-state index is 12.6. The van der Waals surface area contributed by atoms with Gasteiger partial charge in [0.15, 0.2) is 6.54 Å². The van der Waals surface area contributed by atoms with Crippen LogP contribution in [0.25, 0.3) is 10.4 Å². The monoisotopic (exact) mass is 415 g/mol. The van der Waals surface area contributed by atoms with Gasteiger partial charge in [0.05, 0.1) is 25.9 Å². The van der Waals surface area contributed by atoms with E-state index in [0.29, 0.717) is 17.1 Å². The Morgan fingerprint density at radius 2 is 1.76 bits per heavy atom. The molecule has 1 fully saturated rings. The van der Waals surface area contributed by atoms with E-state index in [9.17, 15) is 9.59 Å². The third kappa shape index (κ3) is 5.46.